The van der Waals surface area contributed by atoms with E-state index in [1.165, 1.54) is 22.9 Å². The Hall–Kier alpha value is -4.90. The van der Waals surface area contributed by atoms with E-state index < -0.39 is 22.7 Å². The summed E-state index contributed by atoms with van der Waals surface area (Å²) in [5.74, 6) is -2.50. The highest BCUT2D eigenvalue weighted by atomic mass is 35.5. The number of fused-ring (bicyclic) bond motifs is 2. The fourth-order valence-corrected chi connectivity index (χ4v) is 6.74. The number of hydrogen-bond donors (Lipinski definition) is 3. The number of carboxylic acid groups (broad SMARTS) is 2. The molecule has 2 unspecified atom stereocenters. The van der Waals surface area contributed by atoms with Crippen LogP contribution in [0.5, 0.6) is 0 Å². The third-order valence-corrected chi connectivity index (χ3v) is 9.71. The van der Waals surface area contributed by atoms with Crippen molar-refractivity contribution in [2.24, 2.45) is 0 Å². The predicted molar refractivity (Wildman–Crippen MR) is 187 cm³/mol. The molecule has 5 aromatic rings. The number of allylic oxidation sites excluding steroid dienone is 1. The maximum Gasteiger partial charge on any atom is 0.307 e. The number of hydrogen-bond acceptors (Lipinski definition) is 5. The Morgan fingerprint density at radius 1 is 0.878 bits per heavy atom. The molecule has 8 nitrogen and oxygen atoms in total. The van der Waals surface area contributed by atoms with Crippen molar-refractivity contribution in [3.8, 4) is 0 Å². The van der Waals surface area contributed by atoms with Gasteiger partial charge in [-0.25, -0.2) is 4.39 Å². The summed E-state index contributed by atoms with van der Waals surface area (Å²) < 4.78 is 26.6. The van der Waals surface area contributed by atoms with E-state index in [1.807, 2.05) is 31.2 Å². The number of aliphatic carboxylic acids is 2. The zero-order valence-electron chi connectivity index (χ0n) is 26.7. The van der Waals surface area contributed by atoms with Crippen molar-refractivity contribution in [3.63, 3.8) is 0 Å². The van der Waals surface area contributed by atoms with Gasteiger partial charge < -0.3 is 15.3 Å². The average Bonchev–Trinajstić information content (AvgIpc) is 3.54. The normalized spacial score (nSPS) is 14.3. The minimum atomic E-state index is -1.02. The van der Waals surface area contributed by atoms with Crippen LogP contribution in [-0.4, -0.2) is 48.2 Å². The molecule has 49 heavy (non-hydrogen) atoms. The summed E-state index contributed by atoms with van der Waals surface area (Å²) in [7, 11) is -1.02. The van der Waals surface area contributed by atoms with E-state index in [-0.39, 0.29) is 37.1 Å². The van der Waals surface area contributed by atoms with Gasteiger partial charge in [-0.3, -0.25) is 23.2 Å². The summed E-state index contributed by atoms with van der Waals surface area (Å²) in [4.78, 5) is 35.8. The number of carbonyl (C=O) groups excluding carboxylic acids is 1. The van der Waals surface area contributed by atoms with Gasteiger partial charge in [-0.1, -0.05) is 41.4 Å². The molecule has 3 N–H and O–H groups in total. The number of benzene rings is 4. The van der Waals surface area contributed by atoms with Gasteiger partial charge >= 0.3 is 11.9 Å². The second-order valence-electron chi connectivity index (χ2n) is 11.7. The molecule has 0 aliphatic heterocycles. The van der Waals surface area contributed by atoms with Crippen molar-refractivity contribution in [3.05, 3.63) is 141 Å². The van der Waals surface area contributed by atoms with Crippen molar-refractivity contribution in [2.45, 2.75) is 43.6 Å². The zero-order chi connectivity index (χ0) is 35.4. The van der Waals surface area contributed by atoms with E-state index in [0.29, 0.717) is 50.2 Å². The summed E-state index contributed by atoms with van der Waals surface area (Å²) in [6.45, 7) is 1.77. The smallest absolute Gasteiger partial charge is 0.307 e. The van der Waals surface area contributed by atoms with Gasteiger partial charge in [-0.2, -0.15) is 0 Å². The van der Waals surface area contributed by atoms with E-state index in [0.717, 1.165) is 21.6 Å². The number of aliphatic hydroxyl groups excluding tert-OH is 1. The number of carbonyl (C=O) groups is 3. The van der Waals surface area contributed by atoms with Crippen LogP contribution in [0.15, 0.2) is 102 Å². The van der Waals surface area contributed by atoms with Gasteiger partial charge in [-0.05, 0) is 107 Å². The van der Waals surface area contributed by atoms with Gasteiger partial charge in [-0.15, -0.1) is 0 Å². The molecule has 0 radical (unpaired) electrons. The zero-order valence-corrected chi connectivity index (χ0v) is 28.2. The summed E-state index contributed by atoms with van der Waals surface area (Å²) in [6.07, 6.45) is 3.57. The second-order valence-corrected chi connectivity index (χ2v) is 13.6. The van der Waals surface area contributed by atoms with Gasteiger partial charge in [0.05, 0.1) is 25.0 Å². The lowest BCUT2D eigenvalue weighted by molar-refractivity contribution is -0.137. The van der Waals surface area contributed by atoms with Crippen LogP contribution in [0, 0.1) is 5.82 Å². The molecule has 0 bridgehead atoms. The standard InChI is InChI=1S/C20H19FO3S.C18H14ClNO4/c1-12-17(9-13-3-6-15(7-4-13)25(2)24)16-8-5-14(21)10-19(16)18(12)11-20(22)23;19-14-4-2-12(3-5-14)18(24)20-9-13(8-17(22)23)15-7-11(10-21)1-6-16(15)20/h3-8,10,17H,9,11H2,1-2H3,(H,22,23);1-7,9,21H,8,10H2,(H,22,23). The highest BCUT2D eigenvalue weighted by molar-refractivity contribution is 7.84. The molecule has 1 aromatic heterocycles. The molecular formula is C38H33ClFNO7S. The Labute approximate surface area is 289 Å². The summed E-state index contributed by atoms with van der Waals surface area (Å²) in [6, 6.07) is 23.8. The maximum atomic E-state index is 13.7. The first-order valence-electron chi connectivity index (χ1n) is 15.3. The quantitative estimate of drug-likeness (QED) is 0.147. The highest BCUT2D eigenvalue weighted by Gasteiger charge is 2.30. The first-order valence-corrected chi connectivity index (χ1v) is 17.2. The van der Waals surface area contributed by atoms with E-state index in [1.54, 1.807) is 54.8 Å². The van der Waals surface area contributed by atoms with Crippen molar-refractivity contribution in [1.29, 1.82) is 0 Å². The average molecular weight is 702 g/mol. The Bertz CT molecular complexity index is 2120. The molecule has 0 amide bonds. The van der Waals surface area contributed by atoms with Gasteiger partial charge in [0.1, 0.15) is 5.82 Å². The molecule has 6 rings (SSSR count). The van der Waals surface area contributed by atoms with E-state index in [4.69, 9.17) is 16.7 Å². The van der Waals surface area contributed by atoms with Crippen LogP contribution in [0.4, 0.5) is 4.39 Å². The fourth-order valence-electron chi connectivity index (χ4n) is 6.10. The maximum absolute atomic E-state index is 13.7. The fraction of sp³-hybridized carbons (Fsp3) is 0.184. The Kier molecular flexibility index (Phi) is 10.9. The van der Waals surface area contributed by atoms with Crippen LogP contribution in [0.25, 0.3) is 16.5 Å². The van der Waals surface area contributed by atoms with Crippen molar-refractivity contribution in [1.82, 2.24) is 4.57 Å². The Morgan fingerprint density at radius 3 is 2.14 bits per heavy atom. The molecule has 2 atom stereocenters. The second kappa shape index (κ2) is 15.1. The molecule has 1 aliphatic rings. The Balaban J connectivity index is 0.000000191. The van der Waals surface area contributed by atoms with Crippen LogP contribution >= 0.6 is 11.6 Å². The van der Waals surface area contributed by atoms with E-state index in [9.17, 15) is 33.2 Å². The van der Waals surface area contributed by atoms with Crippen molar-refractivity contribution >= 4 is 56.7 Å². The van der Waals surface area contributed by atoms with E-state index >= 15 is 0 Å². The third-order valence-electron chi connectivity index (χ3n) is 8.52. The largest absolute Gasteiger partial charge is 0.481 e. The van der Waals surface area contributed by atoms with Crippen LogP contribution < -0.4 is 0 Å². The molecule has 0 spiro atoms. The number of rotatable bonds is 9. The monoisotopic (exact) mass is 701 g/mol. The lowest BCUT2D eigenvalue weighted by Gasteiger charge is -2.15. The molecule has 0 fully saturated rings. The minimum Gasteiger partial charge on any atom is -0.481 e. The molecule has 1 aliphatic carbocycles. The topological polar surface area (TPSA) is 134 Å². The SMILES string of the molecule is CC1=C(CC(=O)O)c2cc(F)ccc2C1Cc1ccc(S(C)=O)cc1.O=C(O)Cc1cn(C(=O)c2ccc(Cl)cc2)c2ccc(CO)cc12. The number of carboxylic acids is 2. The first-order chi connectivity index (χ1) is 23.4. The predicted octanol–water partition coefficient (Wildman–Crippen LogP) is 7.25. The number of halogens is 2. The molecule has 4 aromatic carbocycles. The molecular weight excluding hydrogens is 669 g/mol. The van der Waals surface area contributed by atoms with Crippen LogP contribution in [0.1, 0.15) is 57.4 Å². The molecule has 252 valence electrons. The number of nitrogens with zero attached hydrogens (tertiary/aromatic N) is 1. The van der Waals surface area contributed by atoms with Gasteiger partial charge in [0.25, 0.3) is 5.91 Å². The lowest BCUT2D eigenvalue weighted by Crippen LogP contribution is -2.10. The van der Waals surface area contributed by atoms with Gasteiger partial charge in [0.15, 0.2) is 0 Å². The molecule has 0 saturated carbocycles. The van der Waals surface area contributed by atoms with Crippen molar-refractivity contribution in [2.75, 3.05) is 6.26 Å². The summed E-state index contributed by atoms with van der Waals surface area (Å²) in [5.41, 5.74) is 6.66. The molecule has 1 heterocycles. The third kappa shape index (κ3) is 8.05. The van der Waals surface area contributed by atoms with Crippen LogP contribution in [0.3, 0.4) is 0 Å². The summed E-state index contributed by atoms with van der Waals surface area (Å²) in [5, 5.41) is 28.7. The van der Waals surface area contributed by atoms with Gasteiger partial charge in [0, 0.05) is 50.0 Å². The highest BCUT2D eigenvalue weighted by Crippen LogP contribution is 2.45. The number of aromatic nitrogens is 1. The van der Waals surface area contributed by atoms with Crippen molar-refractivity contribution < 1.29 is 38.3 Å². The van der Waals surface area contributed by atoms with Crippen LogP contribution in [0.2, 0.25) is 5.02 Å². The summed E-state index contributed by atoms with van der Waals surface area (Å²) >= 11 is 5.85. The Morgan fingerprint density at radius 2 is 1.53 bits per heavy atom. The molecule has 0 saturated heterocycles. The van der Waals surface area contributed by atoms with Crippen LogP contribution in [-0.2, 0) is 39.8 Å². The van der Waals surface area contributed by atoms with E-state index in [2.05, 4.69) is 0 Å². The number of aliphatic hydroxyl groups is 1. The lowest BCUT2D eigenvalue weighted by atomic mass is 9.90. The first kappa shape index (κ1) is 35.4. The molecule has 11 heteroatoms. The minimum absolute atomic E-state index is 0.0305. The van der Waals surface area contributed by atoms with Gasteiger partial charge in [0.2, 0.25) is 0 Å².